The number of nitrogens with one attached hydrogen (secondary N) is 1. The molecule has 4 nitrogen and oxygen atoms in total. The minimum atomic E-state index is 0.273. The van der Waals surface area contributed by atoms with E-state index in [0.29, 0.717) is 0 Å². The SMILES string of the molecule is COc1ccc(C(c2cccs2)N2CCCNCC2)cc1OC. The molecule has 0 saturated carbocycles. The summed E-state index contributed by atoms with van der Waals surface area (Å²) in [4.78, 5) is 3.94. The van der Waals surface area contributed by atoms with Crippen molar-refractivity contribution < 1.29 is 9.47 Å². The molecule has 0 spiro atoms. The molecule has 1 aromatic heterocycles. The average Bonchev–Trinajstić information content (AvgIpc) is 2.98. The van der Waals surface area contributed by atoms with Gasteiger partial charge in [0.2, 0.25) is 0 Å². The van der Waals surface area contributed by atoms with Crippen molar-refractivity contribution in [3.63, 3.8) is 0 Å². The van der Waals surface area contributed by atoms with Gasteiger partial charge in [0.15, 0.2) is 11.5 Å². The van der Waals surface area contributed by atoms with Crippen molar-refractivity contribution in [2.24, 2.45) is 0 Å². The Balaban J connectivity index is 1.98. The van der Waals surface area contributed by atoms with Gasteiger partial charge in [0, 0.05) is 24.5 Å². The van der Waals surface area contributed by atoms with Gasteiger partial charge >= 0.3 is 0 Å². The summed E-state index contributed by atoms with van der Waals surface area (Å²) >= 11 is 1.82. The van der Waals surface area contributed by atoms with Crippen molar-refractivity contribution in [1.29, 1.82) is 0 Å². The topological polar surface area (TPSA) is 33.7 Å². The molecule has 0 amide bonds. The third-order valence-corrected chi connectivity index (χ3v) is 5.20. The minimum absolute atomic E-state index is 0.273. The fraction of sp³-hybridized carbons (Fsp3) is 0.444. The fourth-order valence-corrected chi connectivity index (χ4v) is 4.04. The molecule has 124 valence electrons. The highest BCUT2D eigenvalue weighted by Crippen LogP contribution is 2.36. The van der Waals surface area contributed by atoms with Crippen LogP contribution in [0.1, 0.15) is 22.9 Å². The molecule has 1 N–H and O–H groups in total. The first kappa shape index (κ1) is 16.3. The van der Waals surface area contributed by atoms with Crippen LogP contribution in [0.2, 0.25) is 0 Å². The standard InChI is InChI=1S/C18H24N2O2S/c1-21-15-7-6-14(13-16(15)22-2)18(17-5-3-12-23-17)20-10-4-8-19-9-11-20/h3,5-7,12-13,18-19H,4,8-11H2,1-2H3. The van der Waals surface area contributed by atoms with E-state index in [1.165, 1.54) is 16.9 Å². The van der Waals surface area contributed by atoms with Gasteiger partial charge in [-0.25, -0.2) is 0 Å². The lowest BCUT2D eigenvalue weighted by molar-refractivity contribution is 0.243. The van der Waals surface area contributed by atoms with Crippen LogP contribution < -0.4 is 14.8 Å². The van der Waals surface area contributed by atoms with E-state index in [2.05, 4.69) is 39.9 Å². The quantitative estimate of drug-likeness (QED) is 0.912. The smallest absolute Gasteiger partial charge is 0.161 e. The molecular weight excluding hydrogens is 308 g/mol. The second-order valence-corrected chi connectivity index (χ2v) is 6.65. The summed E-state index contributed by atoms with van der Waals surface area (Å²) < 4.78 is 10.9. The lowest BCUT2D eigenvalue weighted by Gasteiger charge is -2.30. The number of benzene rings is 1. The maximum absolute atomic E-state index is 5.50. The van der Waals surface area contributed by atoms with Crippen LogP contribution in [0, 0.1) is 0 Å². The molecule has 0 aliphatic carbocycles. The molecule has 1 atom stereocenters. The van der Waals surface area contributed by atoms with Crippen LogP contribution in [0.3, 0.4) is 0 Å². The summed E-state index contributed by atoms with van der Waals surface area (Å²) in [6.07, 6.45) is 1.18. The number of hydrogen-bond acceptors (Lipinski definition) is 5. The van der Waals surface area contributed by atoms with E-state index in [1.807, 2.05) is 17.4 Å². The van der Waals surface area contributed by atoms with Crippen LogP contribution in [-0.4, -0.2) is 45.3 Å². The Morgan fingerprint density at radius 2 is 1.96 bits per heavy atom. The van der Waals surface area contributed by atoms with Crippen molar-refractivity contribution in [2.45, 2.75) is 12.5 Å². The molecule has 2 heterocycles. The Hall–Kier alpha value is -1.56. The van der Waals surface area contributed by atoms with Crippen LogP contribution >= 0.6 is 11.3 Å². The maximum atomic E-state index is 5.50. The van der Waals surface area contributed by atoms with Gasteiger partial charge in [-0.15, -0.1) is 11.3 Å². The number of ether oxygens (including phenoxy) is 2. The molecular formula is C18H24N2O2S. The van der Waals surface area contributed by atoms with E-state index < -0.39 is 0 Å². The number of thiophene rings is 1. The summed E-state index contributed by atoms with van der Waals surface area (Å²) in [5.74, 6) is 1.57. The highest BCUT2D eigenvalue weighted by Gasteiger charge is 2.25. The first-order valence-corrected chi connectivity index (χ1v) is 8.91. The predicted octanol–water partition coefficient (Wildman–Crippen LogP) is 3.15. The van der Waals surface area contributed by atoms with Gasteiger partial charge in [-0.2, -0.15) is 0 Å². The second-order valence-electron chi connectivity index (χ2n) is 5.67. The van der Waals surface area contributed by atoms with Crippen molar-refractivity contribution in [3.05, 3.63) is 46.2 Å². The molecule has 1 unspecified atom stereocenters. The van der Waals surface area contributed by atoms with Crippen molar-refractivity contribution in [3.8, 4) is 11.5 Å². The van der Waals surface area contributed by atoms with Crippen LogP contribution in [0.15, 0.2) is 35.7 Å². The van der Waals surface area contributed by atoms with Crippen molar-refractivity contribution >= 4 is 11.3 Å². The predicted molar refractivity (Wildman–Crippen MR) is 94.8 cm³/mol. The van der Waals surface area contributed by atoms with E-state index in [9.17, 15) is 0 Å². The molecule has 1 aliphatic rings. The summed E-state index contributed by atoms with van der Waals surface area (Å²) in [7, 11) is 3.37. The molecule has 1 saturated heterocycles. The summed E-state index contributed by atoms with van der Waals surface area (Å²) in [6.45, 7) is 4.29. The Morgan fingerprint density at radius 3 is 2.70 bits per heavy atom. The van der Waals surface area contributed by atoms with Gasteiger partial charge in [-0.1, -0.05) is 12.1 Å². The maximum Gasteiger partial charge on any atom is 0.161 e. The molecule has 23 heavy (non-hydrogen) atoms. The number of hydrogen-bond donors (Lipinski definition) is 1. The fourth-order valence-electron chi connectivity index (χ4n) is 3.15. The zero-order valence-corrected chi connectivity index (χ0v) is 14.6. The average molecular weight is 332 g/mol. The van der Waals surface area contributed by atoms with Gasteiger partial charge in [-0.05, 0) is 42.1 Å². The van der Waals surface area contributed by atoms with Crippen LogP contribution in [0.5, 0.6) is 11.5 Å². The molecule has 5 heteroatoms. The van der Waals surface area contributed by atoms with E-state index >= 15 is 0 Å². The lowest BCUT2D eigenvalue weighted by Crippen LogP contribution is -2.32. The Bertz CT molecular complexity index is 607. The minimum Gasteiger partial charge on any atom is -0.493 e. The van der Waals surface area contributed by atoms with Gasteiger partial charge < -0.3 is 14.8 Å². The monoisotopic (exact) mass is 332 g/mol. The number of nitrogens with zero attached hydrogens (tertiary/aromatic N) is 1. The largest absolute Gasteiger partial charge is 0.493 e. The zero-order chi connectivity index (χ0) is 16.1. The molecule has 2 aromatic rings. The molecule has 0 radical (unpaired) electrons. The van der Waals surface area contributed by atoms with Crippen molar-refractivity contribution in [2.75, 3.05) is 40.4 Å². The lowest BCUT2D eigenvalue weighted by atomic mass is 10.0. The van der Waals surface area contributed by atoms with Crippen LogP contribution in [-0.2, 0) is 0 Å². The van der Waals surface area contributed by atoms with E-state index in [1.54, 1.807) is 14.2 Å². The highest BCUT2D eigenvalue weighted by molar-refractivity contribution is 7.10. The van der Waals surface area contributed by atoms with Crippen LogP contribution in [0.25, 0.3) is 0 Å². The first-order valence-electron chi connectivity index (χ1n) is 8.03. The second kappa shape index (κ2) is 7.81. The summed E-state index contributed by atoms with van der Waals surface area (Å²) in [6, 6.07) is 10.9. The summed E-state index contributed by atoms with van der Waals surface area (Å²) in [5.41, 5.74) is 1.26. The first-order chi connectivity index (χ1) is 11.3. The third-order valence-electron chi connectivity index (χ3n) is 4.28. The Morgan fingerprint density at radius 1 is 1.09 bits per heavy atom. The zero-order valence-electron chi connectivity index (χ0n) is 13.7. The van der Waals surface area contributed by atoms with E-state index in [0.717, 1.165) is 37.7 Å². The molecule has 1 aromatic carbocycles. The van der Waals surface area contributed by atoms with Gasteiger partial charge in [0.1, 0.15) is 0 Å². The van der Waals surface area contributed by atoms with Gasteiger partial charge in [-0.3, -0.25) is 4.90 Å². The Labute approximate surface area is 142 Å². The molecule has 1 fully saturated rings. The normalized spacial score (nSPS) is 17.5. The highest BCUT2D eigenvalue weighted by atomic mass is 32.1. The van der Waals surface area contributed by atoms with Gasteiger partial charge in [0.05, 0.1) is 20.3 Å². The van der Waals surface area contributed by atoms with E-state index in [4.69, 9.17) is 9.47 Å². The summed E-state index contributed by atoms with van der Waals surface area (Å²) in [5, 5.41) is 5.64. The number of rotatable bonds is 5. The molecule has 3 rings (SSSR count). The van der Waals surface area contributed by atoms with E-state index in [-0.39, 0.29) is 6.04 Å². The van der Waals surface area contributed by atoms with Crippen LogP contribution in [0.4, 0.5) is 0 Å². The molecule has 0 bridgehead atoms. The molecule has 1 aliphatic heterocycles. The van der Waals surface area contributed by atoms with Gasteiger partial charge in [0.25, 0.3) is 0 Å². The third kappa shape index (κ3) is 3.68. The Kier molecular flexibility index (Phi) is 5.54. The number of methoxy groups -OCH3 is 2. The van der Waals surface area contributed by atoms with Crippen molar-refractivity contribution in [1.82, 2.24) is 10.2 Å².